The van der Waals surface area contributed by atoms with Crippen LogP contribution in [0, 0.1) is 11.8 Å². The topological polar surface area (TPSA) is 64.7 Å². The lowest BCUT2D eigenvalue weighted by molar-refractivity contribution is -0.0759. The Balaban J connectivity index is 4.05. The second-order valence-corrected chi connectivity index (χ2v) is 8.87. The van der Waals surface area contributed by atoms with Crippen LogP contribution in [0.1, 0.15) is 81.1 Å². The van der Waals surface area contributed by atoms with Gasteiger partial charge in [-0.15, -0.1) is 0 Å². The average molecular weight is 332 g/mol. The SMILES string of the molecule is CC(CCC(C)(C)O)COC(C)(C)C(C)CCCOC(C)(C)N. The highest BCUT2D eigenvalue weighted by Gasteiger charge is 2.27. The third-order valence-corrected chi connectivity index (χ3v) is 4.43. The van der Waals surface area contributed by atoms with Crippen molar-refractivity contribution in [2.24, 2.45) is 17.6 Å². The Kier molecular flexibility index (Phi) is 9.29. The van der Waals surface area contributed by atoms with Crippen LogP contribution in [0.25, 0.3) is 0 Å². The Labute approximate surface area is 144 Å². The summed E-state index contributed by atoms with van der Waals surface area (Å²) in [5.74, 6) is 0.905. The van der Waals surface area contributed by atoms with E-state index in [9.17, 15) is 5.11 Å². The Morgan fingerprint density at radius 1 is 0.957 bits per heavy atom. The molecule has 0 saturated carbocycles. The van der Waals surface area contributed by atoms with Gasteiger partial charge in [-0.3, -0.25) is 0 Å². The number of ether oxygens (including phenoxy) is 2. The summed E-state index contributed by atoms with van der Waals surface area (Å²) in [5.41, 5.74) is 4.52. The molecule has 0 aliphatic rings. The first-order valence-corrected chi connectivity index (χ1v) is 9.02. The van der Waals surface area contributed by atoms with Gasteiger partial charge < -0.3 is 20.3 Å². The fraction of sp³-hybridized carbons (Fsp3) is 1.00. The van der Waals surface area contributed by atoms with E-state index in [4.69, 9.17) is 15.2 Å². The van der Waals surface area contributed by atoms with Gasteiger partial charge in [0.1, 0.15) is 5.72 Å². The fourth-order valence-electron chi connectivity index (χ4n) is 2.25. The van der Waals surface area contributed by atoms with Gasteiger partial charge >= 0.3 is 0 Å². The molecule has 4 heteroatoms. The first-order chi connectivity index (χ1) is 10.2. The summed E-state index contributed by atoms with van der Waals surface area (Å²) in [6.45, 7) is 17.6. The molecular formula is C19H41NO3. The molecule has 23 heavy (non-hydrogen) atoms. The second kappa shape index (κ2) is 9.36. The van der Waals surface area contributed by atoms with Crippen molar-refractivity contribution in [2.45, 2.75) is 98.0 Å². The van der Waals surface area contributed by atoms with Crippen molar-refractivity contribution in [3.8, 4) is 0 Å². The number of hydrogen-bond donors (Lipinski definition) is 2. The largest absolute Gasteiger partial charge is 0.390 e. The second-order valence-electron chi connectivity index (χ2n) is 8.87. The molecule has 0 radical (unpaired) electrons. The molecule has 0 bridgehead atoms. The third kappa shape index (κ3) is 12.9. The van der Waals surface area contributed by atoms with E-state index < -0.39 is 11.3 Å². The Morgan fingerprint density at radius 3 is 2.00 bits per heavy atom. The minimum absolute atomic E-state index is 0.152. The summed E-state index contributed by atoms with van der Waals surface area (Å²) in [5, 5.41) is 9.80. The smallest absolute Gasteiger partial charge is 0.111 e. The van der Waals surface area contributed by atoms with Crippen LogP contribution < -0.4 is 5.73 Å². The van der Waals surface area contributed by atoms with Gasteiger partial charge in [0.25, 0.3) is 0 Å². The van der Waals surface area contributed by atoms with Gasteiger partial charge in [0, 0.05) is 13.2 Å². The van der Waals surface area contributed by atoms with Crippen LogP contribution in [0.3, 0.4) is 0 Å². The van der Waals surface area contributed by atoms with E-state index in [1.807, 2.05) is 27.7 Å². The van der Waals surface area contributed by atoms with Crippen LogP contribution in [0.4, 0.5) is 0 Å². The van der Waals surface area contributed by atoms with Crippen molar-refractivity contribution < 1.29 is 14.6 Å². The molecule has 3 N–H and O–H groups in total. The molecule has 0 aliphatic carbocycles. The Morgan fingerprint density at radius 2 is 1.52 bits per heavy atom. The van der Waals surface area contributed by atoms with Crippen LogP contribution >= 0.6 is 0 Å². The molecule has 140 valence electrons. The fourth-order valence-corrected chi connectivity index (χ4v) is 2.25. The summed E-state index contributed by atoms with van der Waals surface area (Å²) in [6.07, 6.45) is 3.83. The maximum absolute atomic E-state index is 9.80. The van der Waals surface area contributed by atoms with Crippen molar-refractivity contribution >= 4 is 0 Å². The highest BCUT2D eigenvalue weighted by atomic mass is 16.5. The van der Waals surface area contributed by atoms with Crippen molar-refractivity contribution in [2.75, 3.05) is 13.2 Å². The lowest BCUT2D eigenvalue weighted by Gasteiger charge is -2.34. The van der Waals surface area contributed by atoms with Crippen molar-refractivity contribution in [1.29, 1.82) is 0 Å². The van der Waals surface area contributed by atoms with Crippen LogP contribution in [0.15, 0.2) is 0 Å². The molecule has 0 aromatic heterocycles. The quantitative estimate of drug-likeness (QED) is 0.417. The van der Waals surface area contributed by atoms with Gasteiger partial charge in [-0.25, -0.2) is 0 Å². The molecule has 4 nitrogen and oxygen atoms in total. The van der Waals surface area contributed by atoms with Gasteiger partial charge in [-0.1, -0.05) is 13.8 Å². The molecule has 0 aromatic carbocycles. The molecule has 2 unspecified atom stereocenters. The Bertz CT molecular complexity index is 316. The van der Waals surface area contributed by atoms with Crippen LogP contribution in [-0.4, -0.2) is 35.2 Å². The van der Waals surface area contributed by atoms with E-state index in [0.717, 1.165) is 32.3 Å². The lowest BCUT2D eigenvalue weighted by atomic mass is 9.88. The zero-order valence-electron chi connectivity index (χ0n) is 16.7. The van der Waals surface area contributed by atoms with E-state index in [-0.39, 0.29) is 5.60 Å². The number of hydrogen-bond acceptors (Lipinski definition) is 4. The molecule has 0 aliphatic heterocycles. The van der Waals surface area contributed by atoms with E-state index in [1.54, 1.807) is 0 Å². The maximum atomic E-state index is 9.80. The van der Waals surface area contributed by atoms with Crippen molar-refractivity contribution in [1.82, 2.24) is 0 Å². The minimum Gasteiger partial charge on any atom is -0.390 e. The first-order valence-electron chi connectivity index (χ1n) is 9.02. The first kappa shape index (κ1) is 22.8. The van der Waals surface area contributed by atoms with Crippen LogP contribution in [0.5, 0.6) is 0 Å². The van der Waals surface area contributed by atoms with Crippen molar-refractivity contribution in [3.63, 3.8) is 0 Å². The number of nitrogens with two attached hydrogens (primary N) is 1. The molecule has 0 rings (SSSR count). The molecule has 2 atom stereocenters. The summed E-state index contributed by atoms with van der Waals surface area (Å²) in [6, 6.07) is 0. The monoisotopic (exact) mass is 331 g/mol. The van der Waals surface area contributed by atoms with Gasteiger partial charge in [0.05, 0.1) is 11.2 Å². The highest BCUT2D eigenvalue weighted by Crippen LogP contribution is 2.27. The lowest BCUT2D eigenvalue weighted by Crippen LogP contribution is -2.36. The van der Waals surface area contributed by atoms with Crippen LogP contribution in [-0.2, 0) is 9.47 Å². The van der Waals surface area contributed by atoms with E-state index in [0.29, 0.717) is 18.4 Å². The maximum Gasteiger partial charge on any atom is 0.111 e. The molecular weight excluding hydrogens is 290 g/mol. The minimum atomic E-state index is -0.589. The molecule has 0 saturated heterocycles. The van der Waals surface area contributed by atoms with Gasteiger partial charge in [-0.05, 0) is 79.1 Å². The third-order valence-electron chi connectivity index (χ3n) is 4.43. The zero-order valence-corrected chi connectivity index (χ0v) is 16.7. The number of aliphatic hydroxyl groups is 1. The Hall–Kier alpha value is -0.160. The normalized spacial score (nSPS) is 16.4. The van der Waals surface area contributed by atoms with Crippen molar-refractivity contribution in [3.05, 3.63) is 0 Å². The summed E-state index contributed by atoms with van der Waals surface area (Å²) in [4.78, 5) is 0. The highest BCUT2D eigenvalue weighted by molar-refractivity contribution is 4.77. The van der Waals surface area contributed by atoms with Gasteiger partial charge in [-0.2, -0.15) is 0 Å². The predicted molar refractivity (Wildman–Crippen MR) is 97.3 cm³/mol. The van der Waals surface area contributed by atoms with Gasteiger partial charge in [0.2, 0.25) is 0 Å². The zero-order chi connectivity index (χ0) is 18.3. The molecule has 0 aromatic rings. The van der Waals surface area contributed by atoms with E-state index >= 15 is 0 Å². The summed E-state index contributed by atoms with van der Waals surface area (Å²) < 4.78 is 11.7. The summed E-state index contributed by atoms with van der Waals surface area (Å²) >= 11 is 0. The van der Waals surface area contributed by atoms with E-state index in [1.165, 1.54) is 0 Å². The molecule has 0 heterocycles. The average Bonchev–Trinajstić information content (AvgIpc) is 2.37. The molecule has 0 fully saturated rings. The molecule has 0 spiro atoms. The predicted octanol–water partition coefficient (Wildman–Crippen LogP) is 4.10. The number of rotatable bonds is 12. The van der Waals surface area contributed by atoms with Crippen LogP contribution in [0.2, 0.25) is 0 Å². The van der Waals surface area contributed by atoms with E-state index in [2.05, 4.69) is 27.7 Å². The summed E-state index contributed by atoms with van der Waals surface area (Å²) in [7, 11) is 0. The standard InChI is InChI=1S/C19H41NO3/c1-15(11-12-17(3,4)21)14-23-18(5,6)16(2)10-9-13-22-19(7,8)20/h15-16,21H,9-14,20H2,1-8H3. The van der Waals surface area contributed by atoms with Gasteiger partial charge in [0.15, 0.2) is 0 Å². The molecule has 0 amide bonds.